The van der Waals surface area contributed by atoms with Crippen molar-refractivity contribution in [1.29, 1.82) is 0 Å². The normalized spacial score (nSPS) is 13.6. The summed E-state index contributed by atoms with van der Waals surface area (Å²) in [5.41, 5.74) is 2.69. The molecule has 1 aliphatic rings. The molecule has 0 atom stereocenters. The smallest absolute Gasteiger partial charge is 0.200 e. The molecule has 1 aliphatic carbocycles. The summed E-state index contributed by atoms with van der Waals surface area (Å²) in [7, 11) is 0. The molecule has 0 aliphatic heterocycles. The van der Waals surface area contributed by atoms with Crippen LogP contribution in [0.2, 0.25) is 0 Å². The van der Waals surface area contributed by atoms with Crippen molar-refractivity contribution in [2.45, 2.75) is 12.8 Å². The molecule has 3 rings (SSSR count). The van der Waals surface area contributed by atoms with E-state index in [9.17, 15) is 20.1 Å². The minimum atomic E-state index is -0.542. The maximum atomic E-state index is 11.7. The van der Waals surface area contributed by atoms with E-state index in [-0.39, 0.29) is 17.3 Å². The zero-order valence-corrected chi connectivity index (χ0v) is 10.1. The third kappa shape index (κ3) is 1.64. The first-order chi connectivity index (χ1) is 9.09. The minimum Gasteiger partial charge on any atom is -0.504 e. The number of benzene rings is 2. The van der Waals surface area contributed by atoms with Gasteiger partial charge >= 0.3 is 0 Å². The van der Waals surface area contributed by atoms with E-state index in [0.717, 1.165) is 11.1 Å². The van der Waals surface area contributed by atoms with Gasteiger partial charge in [-0.05, 0) is 29.7 Å². The first kappa shape index (κ1) is 11.6. The predicted molar refractivity (Wildman–Crippen MR) is 69.5 cm³/mol. The number of phenolic OH excluding ortho intramolecular Hbond substituents is 3. The van der Waals surface area contributed by atoms with Crippen LogP contribution in [0.1, 0.15) is 22.3 Å². The minimum absolute atomic E-state index is 0.0966. The fourth-order valence-corrected chi connectivity index (χ4v) is 2.53. The monoisotopic (exact) mass is 256 g/mol. The van der Waals surface area contributed by atoms with Gasteiger partial charge in [-0.25, -0.2) is 0 Å². The van der Waals surface area contributed by atoms with Gasteiger partial charge in [-0.15, -0.1) is 0 Å². The number of carbonyl (C=O) groups excluding carboxylic acids is 1. The molecule has 0 unspecified atom stereocenters. The Morgan fingerprint density at radius 1 is 0.789 bits per heavy atom. The summed E-state index contributed by atoms with van der Waals surface area (Å²) < 4.78 is 0. The van der Waals surface area contributed by atoms with Gasteiger partial charge in [-0.3, -0.25) is 4.79 Å². The Balaban J connectivity index is 2.25. The average molecular weight is 256 g/mol. The molecule has 0 saturated heterocycles. The van der Waals surface area contributed by atoms with Gasteiger partial charge in [-0.2, -0.15) is 0 Å². The quantitative estimate of drug-likeness (QED) is 0.685. The summed E-state index contributed by atoms with van der Waals surface area (Å²) in [5.74, 6) is -1.18. The van der Waals surface area contributed by atoms with Crippen molar-refractivity contribution >= 4 is 5.78 Å². The Hall–Kier alpha value is -2.49. The first-order valence-electron chi connectivity index (χ1n) is 5.99. The van der Waals surface area contributed by atoms with Crippen LogP contribution in [0.4, 0.5) is 0 Å². The van der Waals surface area contributed by atoms with Crippen molar-refractivity contribution in [2.24, 2.45) is 0 Å². The Kier molecular flexibility index (Phi) is 2.45. The van der Waals surface area contributed by atoms with E-state index >= 15 is 0 Å². The summed E-state index contributed by atoms with van der Waals surface area (Å²) in [6.45, 7) is 0. The number of fused-ring (bicyclic) bond motifs is 1. The van der Waals surface area contributed by atoms with Crippen molar-refractivity contribution in [2.75, 3.05) is 0 Å². The molecule has 0 saturated carbocycles. The second-order valence-corrected chi connectivity index (χ2v) is 4.58. The number of phenols is 3. The fourth-order valence-electron chi connectivity index (χ4n) is 2.53. The highest BCUT2D eigenvalue weighted by molar-refractivity contribution is 6.02. The summed E-state index contributed by atoms with van der Waals surface area (Å²) in [6, 6.07) is 8.17. The Morgan fingerprint density at radius 3 is 2.32 bits per heavy atom. The molecule has 2 aromatic rings. The number of hydrogen-bond acceptors (Lipinski definition) is 4. The molecule has 3 N–H and O–H groups in total. The molecule has 0 fully saturated rings. The third-order valence-corrected chi connectivity index (χ3v) is 3.50. The van der Waals surface area contributed by atoms with Crippen LogP contribution in [-0.4, -0.2) is 21.1 Å². The molecule has 0 bridgehead atoms. The lowest BCUT2D eigenvalue weighted by atomic mass is 9.96. The molecule has 0 radical (unpaired) electrons. The highest BCUT2D eigenvalue weighted by atomic mass is 16.3. The lowest BCUT2D eigenvalue weighted by Crippen LogP contribution is -1.92. The number of ketones is 1. The van der Waals surface area contributed by atoms with Crippen LogP contribution in [0.5, 0.6) is 17.2 Å². The number of hydrogen-bond donors (Lipinski definition) is 3. The number of rotatable bonds is 1. The van der Waals surface area contributed by atoms with Crippen molar-refractivity contribution in [3.8, 4) is 28.4 Å². The number of aromatic hydroxyl groups is 3. The van der Waals surface area contributed by atoms with Gasteiger partial charge in [0, 0.05) is 17.5 Å². The molecule has 0 amide bonds. The standard InChI is InChI=1S/C15H12O4/c16-12-6-4-9-8(2-1-3-10(9)12)11-5-7-13(17)15(19)14(11)18/h1-3,5,7,17-19H,4,6H2. The van der Waals surface area contributed by atoms with Crippen molar-refractivity contribution in [3.05, 3.63) is 41.5 Å². The molecule has 19 heavy (non-hydrogen) atoms. The Bertz CT molecular complexity index is 689. The lowest BCUT2D eigenvalue weighted by molar-refractivity contribution is 0.0994. The second kappa shape index (κ2) is 4.02. The first-order valence-corrected chi connectivity index (χ1v) is 5.99. The van der Waals surface area contributed by atoms with Gasteiger partial charge in [0.2, 0.25) is 5.75 Å². The summed E-state index contributed by atoms with van der Waals surface area (Å²) in [4.78, 5) is 11.7. The van der Waals surface area contributed by atoms with Gasteiger partial charge < -0.3 is 15.3 Å². The van der Waals surface area contributed by atoms with E-state index in [0.29, 0.717) is 24.0 Å². The molecule has 0 heterocycles. The SMILES string of the molecule is O=C1CCc2c1cccc2-c1ccc(O)c(O)c1O. The Labute approximate surface area is 109 Å². The van der Waals surface area contributed by atoms with Gasteiger partial charge in [0.1, 0.15) is 0 Å². The van der Waals surface area contributed by atoms with Gasteiger partial charge in [0.15, 0.2) is 17.3 Å². The Morgan fingerprint density at radius 2 is 1.53 bits per heavy atom. The van der Waals surface area contributed by atoms with Crippen LogP contribution >= 0.6 is 0 Å². The van der Waals surface area contributed by atoms with Crippen LogP contribution < -0.4 is 0 Å². The number of Topliss-reactive ketones (excluding diaryl/α,β-unsaturated/α-hetero) is 1. The molecule has 0 aromatic heterocycles. The molecule has 96 valence electrons. The van der Waals surface area contributed by atoms with Crippen LogP contribution in [-0.2, 0) is 6.42 Å². The van der Waals surface area contributed by atoms with Crippen LogP contribution in [0.25, 0.3) is 11.1 Å². The van der Waals surface area contributed by atoms with E-state index in [1.165, 1.54) is 12.1 Å². The summed E-state index contributed by atoms with van der Waals surface area (Å²) in [6.07, 6.45) is 1.10. The topological polar surface area (TPSA) is 77.8 Å². The molecule has 0 spiro atoms. The lowest BCUT2D eigenvalue weighted by Gasteiger charge is -2.11. The maximum absolute atomic E-state index is 11.7. The van der Waals surface area contributed by atoms with E-state index in [4.69, 9.17) is 0 Å². The molecule has 4 heteroatoms. The van der Waals surface area contributed by atoms with Crippen molar-refractivity contribution < 1.29 is 20.1 Å². The van der Waals surface area contributed by atoms with Crippen LogP contribution in [0.15, 0.2) is 30.3 Å². The molecular weight excluding hydrogens is 244 g/mol. The molecule has 4 nitrogen and oxygen atoms in total. The third-order valence-electron chi connectivity index (χ3n) is 3.50. The van der Waals surface area contributed by atoms with E-state index in [1.54, 1.807) is 18.2 Å². The largest absolute Gasteiger partial charge is 0.504 e. The second-order valence-electron chi connectivity index (χ2n) is 4.58. The fraction of sp³-hybridized carbons (Fsp3) is 0.133. The van der Waals surface area contributed by atoms with Crippen LogP contribution in [0, 0.1) is 0 Å². The summed E-state index contributed by atoms with van der Waals surface area (Å²) in [5, 5.41) is 28.9. The highest BCUT2D eigenvalue weighted by Gasteiger charge is 2.24. The maximum Gasteiger partial charge on any atom is 0.200 e. The van der Waals surface area contributed by atoms with Crippen molar-refractivity contribution in [3.63, 3.8) is 0 Å². The highest BCUT2D eigenvalue weighted by Crippen LogP contribution is 2.44. The number of carbonyl (C=O) groups is 1. The summed E-state index contributed by atoms with van der Waals surface area (Å²) >= 11 is 0. The predicted octanol–water partition coefficient (Wildman–Crippen LogP) is 2.60. The van der Waals surface area contributed by atoms with Gasteiger partial charge in [-0.1, -0.05) is 18.2 Å². The van der Waals surface area contributed by atoms with Crippen LogP contribution in [0.3, 0.4) is 0 Å². The molecule has 2 aromatic carbocycles. The van der Waals surface area contributed by atoms with E-state index < -0.39 is 5.75 Å². The molecular formula is C15H12O4. The zero-order valence-electron chi connectivity index (χ0n) is 10.1. The van der Waals surface area contributed by atoms with Gasteiger partial charge in [0.05, 0.1) is 0 Å². The van der Waals surface area contributed by atoms with E-state index in [2.05, 4.69) is 0 Å². The van der Waals surface area contributed by atoms with Crippen molar-refractivity contribution in [1.82, 2.24) is 0 Å². The van der Waals surface area contributed by atoms with E-state index in [1.807, 2.05) is 0 Å². The zero-order chi connectivity index (χ0) is 13.6. The average Bonchev–Trinajstić information content (AvgIpc) is 2.79. The van der Waals surface area contributed by atoms with Gasteiger partial charge in [0.25, 0.3) is 0 Å².